The molecule has 2 aromatic rings. The third-order valence-corrected chi connectivity index (χ3v) is 3.89. The van der Waals surface area contributed by atoms with Gasteiger partial charge in [0.05, 0.1) is 28.6 Å². The van der Waals surface area contributed by atoms with Gasteiger partial charge in [-0.3, -0.25) is 9.59 Å². The van der Waals surface area contributed by atoms with Gasteiger partial charge in [0.25, 0.3) is 0 Å². The molecule has 0 spiro atoms. The van der Waals surface area contributed by atoms with Gasteiger partial charge in [0.15, 0.2) is 11.5 Å². The molecule has 3 N–H and O–H groups in total. The predicted octanol–water partition coefficient (Wildman–Crippen LogP) is 3.19. The van der Waals surface area contributed by atoms with Crippen molar-refractivity contribution in [2.45, 2.75) is 6.92 Å². The quantitative estimate of drug-likeness (QED) is 0.411. The number of nitrogens with one attached hydrogen (secondary N) is 2. The van der Waals surface area contributed by atoms with Gasteiger partial charge in [-0.2, -0.15) is 5.10 Å². The maximum absolute atomic E-state index is 11.9. The Morgan fingerprint density at radius 2 is 2.00 bits per heavy atom. The van der Waals surface area contributed by atoms with E-state index in [0.717, 1.165) is 0 Å². The van der Waals surface area contributed by atoms with Crippen molar-refractivity contribution < 1.29 is 19.4 Å². The first-order valence-corrected chi connectivity index (χ1v) is 8.22. The number of amides is 2. The van der Waals surface area contributed by atoms with Crippen molar-refractivity contribution >= 4 is 46.9 Å². The predicted molar refractivity (Wildman–Crippen MR) is 100 cm³/mol. The number of carbonyl (C=O) groups is 2. The SMILES string of the molecule is CCOc1cc(/C=N\NC(=O)C(=O)Nc2cccc(Cl)c2Cl)ccc1O. The van der Waals surface area contributed by atoms with E-state index in [0.29, 0.717) is 12.2 Å². The number of carbonyl (C=O) groups excluding carboxylic acids is 2. The second-order valence-electron chi connectivity index (χ2n) is 4.91. The Kier molecular flexibility index (Phi) is 6.82. The number of hydrazone groups is 1. The number of ether oxygens (including phenoxy) is 1. The molecule has 0 aromatic heterocycles. The molecule has 0 saturated heterocycles. The summed E-state index contributed by atoms with van der Waals surface area (Å²) in [6, 6.07) is 9.19. The van der Waals surface area contributed by atoms with Gasteiger partial charge in [0.1, 0.15) is 0 Å². The molecule has 2 aromatic carbocycles. The van der Waals surface area contributed by atoms with Gasteiger partial charge in [-0.15, -0.1) is 0 Å². The molecule has 136 valence electrons. The van der Waals surface area contributed by atoms with E-state index in [-0.39, 0.29) is 27.2 Å². The minimum atomic E-state index is -0.985. The van der Waals surface area contributed by atoms with Crippen LogP contribution in [0, 0.1) is 0 Å². The molecule has 7 nitrogen and oxygen atoms in total. The molecule has 0 bridgehead atoms. The summed E-state index contributed by atoms with van der Waals surface area (Å²) in [6.07, 6.45) is 1.31. The van der Waals surface area contributed by atoms with Gasteiger partial charge >= 0.3 is 11.8 Å². The first-order chi connectivity index (χ1) is 12.4. The summed E-state index contributed by atoms with van der Waals surface area (Å²) in [5, 5.41) is 16.0. The van der Waals surface area contributed by atoms with Crippen molar-refractivity contribution in [2.75, 3.05) is 11.9 Å². The number of aromatic hydroxyl groups is 1. The summed E-state index contributed by atoms with van der Waals surface area (Å²) < 4.78 is 5.24. The maximum Gasteiger partial charge on any atom is 0.329 e. The van der Waals surface area contributed by atoms with E-state index in [2.05, 4.69) is 15.8 Å². The number of halogens is 2. The first kappa shape index (κ1) is 19.6. The molecule has 26 heavy (non-hydrogen) atoms. The molecule has 0 unspecified atom stereocenters. The molecule has 0 aliphatic carbocycles. The highest BCUT2D eigenvalue weighted by molar-refractivity contribution is 6.45. The monoisotopic (exact) mass is 395 g/mol. The molecule has 0 aliphatic rings. The van der Waals surface area contributed by atoms with Crippen molar-refractivity contribution in [3.63, 3.8) is 0 Å². The fraction of sp³-hybridized carbons (Fsp3) is 0.118. The van der Waals surface area contributed by atoms with Crippen LogP contribution in [0.25, 0.3) is 0 Å². The Balaban J connectivity index is 1.97. The molecule has 0 radical (unpaired) electrons. The third-order valence-electron chi connectivity index (χ3n) is 3.07. The number of phenols is 1. The topological polar surface area (TPSA) is 100 Å². The molecular weight excluding hydrogens is 381 g/mol. The third kappa shape index (κ3) is 5.11. The van der Waals surface area contributed by atoms with E-state index in [1.165, 1.54) is 18.3 Å². The molecule has 2 rings (SSSR count). The minimum Gasteiger partial charge on any atom is -0.504 e. The van der Waals surface area contributed by atoms with Crippen LogP contribution in [0.5, 0.6) is 11.5 Å². The summed E-state index contributed by atoms with van der Waals surface area (Å²) in [4.78, 5) is 23.6. The number of nitrogens with zero attached hydrogens (tertiary/aromatic N) is 1. The van der Waals surface area contributed by atoms with Crippen LogP contribution in [0.1, 0.15) is 12.5 Å². The van der Waals surface area contributed by atoms with Gasteiger partial charge < -0.3 is 15.2 Å². The second-order valence-corrected chi connectivity index (χ2v) is 5.70. The zero-order valence-corrected chi connectivity index (χ0v) is 15.1. The number of benzene rings is 2. The fourth-order valence-electron chi connectivity index (χ4n) is 1.88. The standard InChI is InChI=1S/C17H15Cl2N3O4/c1-2-26-14-8-10(6-7-13(14)23)9-20-22-17(25)16(24)21-12-5-3-4-11(18)15(12)19/h3-9,23H,2H2,1H3,(H,21,24)(H,22,25)/b20-9-. The molecular formula is C17H15Cl2N3O4. The van der Waals surface area contributed by atoms with E-state index < -0.39 is 11.8 Å². The molecule has 2 amide bonds. The second kappa shape index (κ2) is 9.07. The van der Waals surface area contributed by atoms with Gasteiger partial charge in [-0.05, 0) is 42.8 Å². The molecule has 0 atom stereocenters. The summed E-state index contributed by atoms with van der Waals surface area (Å²) >= 11 is 11.8. The highest BCUT2D eigenvalue weighted by Gasteiger charge is 2.15. The van der Waals surface area contributed by atoms with Crippen LogP contribution in [0.2, 0.25) is 10.0 Å². The number of hydrogen-bond donors (Lipinski definition) is 3. The van der Waals surface area contributed by atoms with E-state index in [4.69, 9.17) is 27.9 Å². The van der Waals surface area contributed by atoms with Gasteiger partial charge in [0.2, 0.25) is 0 Å². The van der Waals surface area contributed by atoms with Crippen LogP contribution in [-0.2, 0) is 9.59 Å². The number of anilines is 1. The van der Waals surface area contributed by atoms with E-state index in [1.807, 2.05) is 0 Å². The van der Waals surface area contributed by atoms with Crippen LogP contribution < -0.4 is 15.5 Å². The highest BCUT2D eigenvalue weighted by Crippen LogP contribution is 2.29. The molecule has 0 saturated carbocycles. The lowest BCUT2D eigenvalue weighted by atomic mass is 10.2. The highest BCUT2D eigenvalue weighted by atomic mass is 35.5. The normalized spacial score (nSPS) is 10.6. The Morgan fingerprint density at radius 1 is 1.23 bits per heavy atom. The molecule has 9 heteroatoms. The zero-order valence-electron chi connectivity index (χ0n) is 13.6. The zero-order chi connectivity index (χ0) is 19.1. The molecule has 0 heterocycles. The Hall–Kier alpha value is -2.77. The van der Waals surface area contributed by atoms with Crippen LogP contribution in [-0.4, -0.2) is 29.7 Å². The Labute approximate surface area is 159 Å². The maximum atomic E-state index is 11.9. The van der Waals surface area contributed by atoms with Gasteiger partial charge in [-0.25, -0.2) is 5.43 Å². The van der Waals surface area contributed by atoms with Crippen LogP contribution in [0.15, 0.2) is 41.5 Å². The molecule has 0 aliphatic heterocycles. The smallest absolute Gasteiger partial charge is 0.329 e. The minimum absolute atomic E-state index is 0.00851. The van der Waals surface area contributed by atoms with Crippen LogP contribution in [0.4, 0.5) is 5.69 Å². The summed E-state index contributed by atoms with van der Waals surface area (Å²) in [6.45, 7) is 2.17. The van der Waals surface area contributed by atoms with Crippen molar-refractivity contribution in [1.29, 1.82) is 0 Å². The average Bonchev–Trinajstić information content (AvgIpc) is 2.61. The van der Waals surface area contributed by atoms with E-state index in [1.54, 1.807) is 31.2 Å². The lowest BCUT2D eigenvalue weighted by Crippen LogP contribution is -2.32. The van der Waals surface area contributed by atoms with Crippen LogP contribution >= 0.6 is 23.2 Å². The van der Waals surface area contributed by atoms with Gasteiger partial charge in [-0.1, -0.05) is 29.3 Å². The van der Waals surface area contributed by atoms with Crippen molar-refractivity contribution in [2.24, 2.45) is 5.10 Å². The van der Waals surface area contributed by atoms with Crippen molar-refractivity contribution in [1.82, 2.24) is 5.43 Å². The number of rotatable bonds is 5. The largest absolute Gasteiger partial charge is 0.504 e. The average molecular weight is 396 g/mol. The lowest BCUT2D eigenvalue weighted by molar-refractivity contribution is -0.136. The number of hydrogen-bond acceptors (Lipinski definition) is 5. The summed E-state index contributed by atoms with van der Waals surface area (Å²) in [7, 11) is 0. The van der Waals surface area contributed by atoms with Crippen molar-refractivity contribution in [3.05, 3.63) is 52.0 Å². The number of phenolic OH excluding ortho intramolecular Hbond substituents is 1. The van der Waals surface area contributed by atoms with Crippen LogP contribution in [0.3, 0.4) is 0 Å². The fourth-order valence-corrected chi connectivity index (χ4v) is 2.23. The lowest BCUT2D eigenvalue weighted by Gasteiger charge is -2.07. The van der Waals surface area contributed by atoms with E-state index in [9.17, 15) is 14.7 Å². The Bertz CT molecular complexity index is 856. The van der Waals surface area contributed by atoms with Crippen molar-refractivity contribution in [3.8, 4) is 11.5 Å². The summed E-state index contributed by atoms with van der Waals surface area (Å²) in [5.41, 5.74) is 2.86. The first-order valence-electron chi connectivity index (χ1n) is 7.46. The Morgan fingerprint density at radius 3 is 2.73 bits per heavy atom. The molecule has 0 fully saturated rings. The van der Waals surface area contributed by atoms with Gasteiger partial charge in [0, 0.05) is 0 Å². The van der Waals surface area contributed by atoms with E-state index >= 15 is 0 Å². The summed E-state index contributed by atoms with van der Waals surface area (Å²) in [5.74, 6) is -1.66.